The first-order chi connectivity index (χ1) is 7.24. The molecule has 3 N–H and O–H groups in total. The molecular weight excluding hydrogens is 196 g/mol. The third-order valence-corrected chi connectivity index (χ3v) is 1.77. The van der Waals surface area contributed by atoms with Crippen LogP contribution in [0, 0.1) is 0 Å². The van der Waals surface area contributed by atoms with Gasteiger partial charge in [0.2, 0.25) is 11.9 Å². The first kappa shape index (κ1) is 11.5. The molecule has 1 heterocycles. The Hall–Kier alpha value is -1.53. The van der Waals surface area contributed by atoms with Gasteiger partial charge in [0.1, 0.15) is 0 Å². The lowest BCUT2D eigenvalue weighted by atomic mass is 10.2. The largest absolute Gasteiger partial charge is 0.385 e. The molecule has 1 amide bonds. The van der Waals surface area contributed by atoms with Crippen molar-refractivity contribution in [3.63, 3.8) is 0 Å². The lowest BCUT2D eigenvalue weighted by molar-refractivity contribution is -0.117. The maximum Gasteiger partial charge on any atom is 0.243 e. The second-order valence-corrected chi connectivity index (χ2v) is 2.95. The number of ether oxygens (including phenoxy) is 1. The number of nitrogens with two attached hydrogens (primary N) is 1. The van der Waals surface area contributed by atoms with Crippen LogP contribution in [0.3, 0.4) is 0 Å². The smallest absolute Gasteiger partial charge is 0.243 e. The first-order valence-electron chi connectivity index (χ1n) is 4.56. The van der Waals surface area contributed by atoms with Gasteiger partial charge in [-0.15, -0.1) is 0 Å². The van der Waals surface area contributed by atoms with Gasteiger partial charge in [0.05, 0.1) is 6.04 Å². The SMILES string of the molecule is COCCC(N)C(=O)Nc1ncccn1. The van der Waals surface area contributed by atoms with Crippen LogP contribution in [0.4, 0.5) is 5.95 Å². The molecule has 0 radical (unpaired) electrons. The molecule has 1 rings (SSSR count). The second kappa shape index (κ2) is 6.05. The van der Waals surface area contributed by atoms with Crippen molar-refractivity contribution < 1.29 is 9.53 Å². The average molecular weight is 210 g/mol. The van der Waals surface area contributed by atoms with Crippen LogP contribution in [0.25, 0.3) is 0 Å². The van der Waals surface area contributed by atoms with Gasteiger partial charge in [-0.3, -0.25) is 10.1 Å². The predicted octanol–water partition coefficient (Wildman–Crippen LogP) is -0.221. The molecule has 6 nitrogen and oxygen atoms in total. The number of carbonyl (C=O) groups excluding carboxylic acids is 1. The highest BCUT2D eigenvalue weighted by molar-refractivity contribution is 5.93. The lowest BCUT2D eigenvalue weighted by Crippen LogP contribution is -2.36. The molecule has 0 aliphatic heterocycles. The zero-order valence-corrected chi connectivity index (χ0v) is 8.51. The summed E-state index contributed by atoms with van der Waals surface area (Å²) in [7, 11) is 1.56. The van der Waals surface area contributed by atoms with Crippen LogP contribution >= 0.6 is 0 Å². The van der Waals surface area contributed by atoms with Crippen molar-refractivity contribution >= 4 is 11.9 Å². The summed E-state index contributed by atoms with van der Waals surface area (Å²) < 4.78 is 4.82. The van der Waals surface area contributed by atoms with E-state index in [1.807, 2.05) is 0 Å². The molecule has 1 aromatic rings. The van der Waals surface area contributed by atoms with E-state index in [4.69, 9.17) is 10.5 Å². The first-order valence-corrected chi connectivity index (χ1v) is 4.56. The molecule has 0 saturated carbocycles. The quantitative estimate of drug-likeness (QED) is 0.701. The fourth-order valence-electron chi connectivity index (χ4n) is 0.942. The molecule has 1 unspecified atom stereocenters. The highest BCUT2D eigenvalue weighted by Crippen LogP contribution is 1.97. The maximum absolute atomic E-state index is 11.4. The molecule has 15 heavy (non-hydrogen) atoms. The number of rotatable bonds is 5. The molecular formula is C9H14N4O2. The topological polar surface area (TPSA) is 90.1 Å². The minimum Gasteiger partial charge on any atom is -0.385 e. The third-order valence-electron chi connectivity index (χ3n) is 1.77. The number of anilines is 1. The molecule has 0 aliphatic carbocycles. The number of hydrogen-bond donors (Lipinski definition) is 2. The van der Waals surface area contributed by atoms with Crippen LogP contribution in [0.5, 0.6) is 0 Å². The van der Waals surface area contributed by atoms with E-state index in [0.717, 1.165) is 0 Å². The summed E-state index contributed by atoms with van der Waals surface area (Å²) in [5.41, 5.74) is 5.60. The minimum atomic E-state index is -0.603. The van der Waals surface area contributed by atoms with Gasteiger partial charge in [-0.05, 0) is 12.5 Å². The van der Waals surface area contributed by atoms with E-state index in [1.165, 1.54) is 0 Å². The lowest BCUT2D eigenvalue weighted by Gasteiger charge is -2.09. The Morgan fingerprint density at radius 3 is 2.87 bits per heavy atom. The number of amides is 1. The number of hydrogen-bond acceptors (Lipinski definition) is 5. The van der Waals surface area contributed by atoms with E-state index in [2.05, 4.69) is 15.3 Å². The van der Waals surface area contributed by atoms with Gasteiger partial charge in [-0.25, -0.2) is 9.97 Å². The van der Waals surface area contributed by atoms with Crippen LogP contribution in [0.2, 0.25) is 0 Å². The molecule has 1 aromatic heterocycles. The molecule has 6 heteroatoms. The minimum absolute atomic E-state index is 0.260. The maximum atomic E-state index is 11.4. The van der Waals surface area contributed by atoms with Gasteiger partial charge >= 0.3 is 0 Å². The van der Waals surface area contributed by atoms with Crippen LogP contribution in [0.15, 0.2) is 18.5 Å². The van der Waals surface area contributed by atoms with Gasteiger partial charge < -0.3 is 10.5 Å². The molecule has 0 aromatic carbocycles. The molecule has 0 spiro atoms. The zero-order chi connectivity index (χ0) is 11.1. The Kier molecular flexibility index (Phi) is 4.65. The molecule has 1 atom stereocenters. The number of methoxy groups -OCH3 is 1. The molecule has 0 aliphatic rings. The van der Waals surface area contributed by atoms with E-state index >= 15 is 0 Å². The van der Waals surface area contributed by atoms with Crippen LogP contribution in [-0.2, 0) is 9.53 Å². The standard InChI is InChI=1S/C9H14N4O2/c1-15-6-3-7(10)8(14)13-9-11-4-2-5-12-9/h2,4-5,7H,3,6,10H2,1H3,(H,11,12,13,14). The molecule has 0 bridgehead atoms. The number of nitrogens with zero attached hydrogens (tertiary/aromatic N) is 2. The van der Waals surface area contributed by atoms with E-state index < -0.39 is 6.04 Å². The summed E-state index contributed by atoms with van der Waals surface area (Å²) in [5.74, 6) is -0.0476. The van der Waals surface area contributed by atoms with Gasteiger partial charge in [0.15, 0.2) is 0 Å². The van der Waals surface area contributed by atoms with Crippen molar-refractivity contribution in [2.24, 2.45) is 5.73 Å². The van der Waals surface area contributed by atoms with E-state index in [9.17, 15) is 4.79 Å². The summed E-state index contributed by atoms with van der Waals surface area (Å²) in [4.78, 5) is 19.1. The Balaban J connectivity index is 2.42. The average Bonchev–Trinajstić information content (AvgIpc) is 2.27. The van der Waals surface area contributed by atoms with Crippen molar-refractivity contribution in [1.82, 2.24) is 9.97 Å². The van der Waals surface area contributed by atoms with Gasteiger partial charge in [-0.1, -0.05) is 0 Å². The van der Waals surface area contributed by atoms with E-state index in [1.54, 1.807) is 25.6 Å². The van der Waals surface area contributed by atoms with E-state index in [0.29, 0.717) is 13.0 Å². The number of aromatic nitrogens is 2. The van der Waals surface area contributed by atoms with Crippen molar-refractivity contribution in [2.75, 3.05) is 19.0 Å². The normalized spacial score (nSPS) is 12.1. The number of carbonyl (C=O) groups is 1. The molecule has 82 valence electrons. The monoisotopic (exact) mass is 210 g/mol. The van der Waals surface area contributed by atoms with Crippen molar-refractivity contribution in [3.8, 4) is 0 Å². The van der Waals surface area contributed by atoms with Gasteiger partial charge in [-0.2, -0.15) is 0 Å². The Bertz CT molecular complexity index is 304. The summed E-state index contributed by atoms with van der Waals surface area (Å²) in [6.45, 7) is 0.449. The number of nitrogens with one attached hydrogen (secondary N) is 1. The Morgan fingerprint density at radius 2 is 2.27 bits per heavy atom. The fraction of sp³-hybridized carbons (Fsp3) is 0.444. The predicted molar refractivity (Wildman–Crippen MR) is 55.1 cm³/mol. The fourth-order valence-corrected chi connectivity index (χ4v) is 0.942. The summed E-state index contributed by atoms with van der Waals surface area (Å²) in [6.07, 6.45) is 3.56. The summed E-state index contributed by atoms with van der Waals surface area (Å²) in [6, 6.07) is 1.06. The molecule has 0 fully saturated rings. The van der Waals surface area contributed by atoms with Gasteiger partial charge in [0.25, 0.3) is 0 Å². The van der Waals surface area contributed by atoms with Crippen molar-refractivity contribution in [3.05, 3.63) is 18.5 Å². The summed E-state index contributed by atoms with van der Waals surface area (Å²) >= 11 is 0. The summed E-state index contributed by atoms with van der Waals surface area (Å²) in [5, 5.41) is 2.51. The van der Waals surface area contributed by atoms with Crippen LogP contribution in [-0.4, -0.2) is 35.6 Å². The zero-order valence-electron chi connectivity index (χ0n) is 8.51. The van der Waals surface area contributed by atoms with Crippen molar-refractivity contribution in [1.29, 1.82) is 0 Å². The Labute approximate surface area is 87.9 Å². The third kappa shape index (κ3) is 4.01. The van der Waals surface area contributed by atoms with Crippen molar-refractivity contribution in [2.45, 2.75) is 12.5 Å². The highest BCUT2D eigenvalue weighted by atomic mass is 16.5. The van der Waals surface area contributed by atoms with Crippen LogP contribution in [0.1, 0.15) is 6.42 Å². The van der Waals surface area contributed by atoms with Gasteiger partial charge in [0, 0.05) is 26.1 Å². The van der Waals surface area contributed by atoms with E-state index in [-0.39, 0.29) is 11.9 Å². The Morgan fingerprint density at radius 1 is 1.60 bits per heavy atom. The highest BCUT2D eigenvalue weighted by Gasteiger charge is 2.13. The van der Waals surface area contributed by atoms with Crippen LogP contribution < -0.4 is 11.1 Å². The second-order valence-electron chi connectivity index (χ2n) is 2.95. The molecule has 0 saturated heterocycles.